The van der Waals surface area contributed by atoms with Gasteiger partial charge in [0.1, 0.15) is 31.9 Å². The molecule has 1 atom stereocenters. The fourth-order valence-corrected chi connectivity index (χ4v) is 4.57. The monoisotopic (exact) mass is 434 g/mol. The smallest absolute Gasteiger partial charge is 0.336 e. The van der Waals surface area contributed by atoms with Crippen molar-refractivity contribution in [2.75, 3.05) is 72.6 Å². The summed E-state index contributed by atoms with van der Waals surface area (Å²) in [5.74, 6) is 0.597. The Labute approximate surface area is 183 Å². The molecule has 3 aliphatic rings. The van der Waals surface area contributed by atoms with Crippen LogP contribution in [-0.2, 0) is 19.8 Å². The number of quaternary nitrogens is 2. The van der Waals surface area contributed by atoms with Crippen molar-refractivity contribution in [2.45, 2.75) is 19.4 Å². The second-order valence-electron chi connectivity index (χ2n) is 8.51. The van der Waals surface area contributed by atoms with Gasteiger partial charge in [-0.3, -0.25) is 9.69 Å². The molecule has 0 aromatic heterocycles. The van der Waals surface area contributed by atoms with Gasteiger partial charge >= 0.3 is 6.03 Å². The molecular formula is C22H34N4O5+2. The van der Waals surface area contributed by atoms with E-state index in [9.17, 15) is 9.59 Å². The third-order valence-electron chi connectivity index (χ3n) is 6.55. The number of amides is 3. The maximum atomic E-state index is 13.7. The molecule has 0 aliphatic carbocycles. The third-order valence-corrected chi connectivity index (χ3v) is 6.55. The van der Waals surface area contributed by atoms with Gasteiger partial charge in [-0.05, 0) is 31.5 Å². The summed E-state index contributed by atoms with van der Waals surface area (Å²) in [5, 5.41) is 0. The zero-order chi connectivity index (χ0) is 21.8. The Morgan fingerprint density at radius 3 is 2.03 bits per heavy atom. The lowest BCUT2D eigenvalue weighted by atomic mass is 9.90. The molecule has 0 spiro atoms. The predicted molar refractivity (Wildman–Crippen MR) is 112 cm³/mol. The average Bonchev–Trinajstić information content (AvgIpc) is 2.98. The lowest BCUT2D eigenvalue weighted by Gasteiger charge is -2.35. The van der Waals surface area contributed by atoms with Crippen LogP contribution in [0.1, 0.15) is 19.4 Å². The van der Waals surface area contributed by atoms with Crippen molar-refractivity contribution < 1.29 is 33.6 Å². The molecule has 9 heteroatoms. The molecule has 4 rings (SSSR count). The van der Waals surface area contributed by atoms with E-state index in [1.54, 1.807) is 4.90 Å². The number of ether oxygens (including phenoxy) is 3. The van der Waals surface area contributed by atoms with Gasteiger partial charge in [-0.15, -0.1) is 0 Å². The molecule has 170 valence electrons. The van der Waals surface area contributed by atoms with E-state index in [-0.39, 0.29) is 11.9 Å². The SMILES string of the molecule is CCOc1ccc([C@]2(C)C(=O)N(C[NH+]3CCOCC3)C(=O)N2C[NH+]2CCOCC2)cc1. The summed E-state index contributed by atoms with van der Waals surface area (Å²) in [6, 6.07) is 7.35. The molecule has 9 nitrogen and oxygen atoms in total. The Hall–Kier alpha value is -2.20. The molecule has 0 bridgehead atoms. The molecule has 3 heterocycles. The van der Waals surface area contributed by atoms with E-state index in [4.69, 9.17) is 14.2 Å². The topological polar surface area (TPSA) is 77.2 Å². The number of imide groups is 1. The van der Waals surface area contributed by atoms with Crippen LogP contribution in [-0.4, -0.2) is 94.3 Å². The second-order valence-corrected chi connectivity index (χ2v) is 8.51. The number of morpholine rings is 2. The van der Waals surface area contributed by atoms with Crippen molar-refractivity contribution in [2.24, 2.45) is 0 Å². The minimum absolute atomic E-state index is 0.159. The van der Waals surface area contributed by atoms with E-state index < -0.39 is 5.54 Å². The summed E-state index contributed by atoms with van der Waals surface area (Å²) in [7, 11) is 0. The van der Waals surface area contributed by atoms with E-state index in [2.05, 4.69) is 0 Å². The molecule has 2 N–H and O–H groups in total. The zero-order valence-electron chi connectivity index (χ0n) is 18.5. The van der Waals surface area contributed by atoms with Crippen molar-refractivity contribution in [3.05, 3.63) is 29.8 Å². The first kappa shape index (κ1) is 22.0. The largest absolute Gasteiger partial charge is 0.494 e. The molecule has 3 saturated heterocycles. The van der Waals surface area contributed by atoms with Crippen molar-refractivity contribution in [3.63, 3.8) is 0 Å². The van der Waals surface area contributed by atoms with Crippen molar-refractivity contribution >= 4 is 11.9 Å². The minimum atomic E-state index is -1.04. The number of carbonyl (C=O) groups excluding carboxylic acids is 2. The normalized spacial score (nSPS) is 26.0. The van der Waals surface area contributed by atoms with E-state index in [0.717, 1.165) is 37.5 Å². The molecule has 3 amide bonds. The highest BCUT2D eigenvalue weighted by atomic mass is 16.5. The quantitative estimate of drug-likeness (QED) is 0.501. The number of hydrogen-bond acceptors (Lipinski definition) is 5. The second kappa shape index (κ2) is 9.52. The van der Waals surface area contributed by atoms with Gasteiger partial charge in [0, 0.05) is 0 Å². The Morgan fingerprint density at radius 1 is 0.935 bits per heavy atom. The number of nitrogens with zero attached hydrogens (tertiary/aromatic N) is 2. The Kier molecular flexibility index (Phi) is 6.76. The number of hydrogen-bond donors (Lipinski definition) is 2. The lowest BCUT2D eigenvalue weighted by molar-refractivity contribution is -0.918. The molecule has 1 aromatic rings. The van der Waals surface area contributed by atoms with Crippen molar-refractivity contribution in [3.8, 4) is 5.75 Å². The predicted octanol–water partition coefficient (Wildman–Crippen LogP) is -1.69. The first-order valence-electron chi connectivity index (χ1n) is 11.2. The fraction of sp³-hybridized carbons (Fsp3) is 0.636. The molecule has 3 fully saturated rings. The van der Waals surface area contributed by atoms with Crippen LogP contribution < -0.4 is 14.5 Å². The Balaban J connectivity index is 1.62. The van der Waals surface area contributed by atoms with Crippen LogP contribution >= 0.6 is 0 Å². The number of rotatable bonds is 7. The van der Waals surface area contributed by atoms with Crippen LogP contribution in [0.3, 0.4) is 0 Å². The molecule has 0 unspecified atom stereocenters. The minimum Gasteiger partial charge on any atom is -0.494 e. The summed E-state index contributed by atoms with van der Waals surface area (Å²) in [6.07, 6.45) is 0. The van der Waals surface area contributed by atoms with Crippen LogP contribution in [0, 0.1) is 0 Å². The van der Waals surface area contributed by atoms with Crippen molar-refractivity contribution in [1.82, 2.24) is 9.80 Å². The Morgan fingerprint density at radius 2 is 1.48 bits per heavy atom. The summed E-state index contributed by atoms with van der Waals surface area (Å²) in [6.45, 7) is 11.2. The van der Waals surface area contributed by atoms with Crippen LogP contribution in [0.4, 0.5) is 4.79 Å². The summed E-state index contributed by atoms with van der Waals surface area (Å²) in [4.78, 5) is 32.9. The zero-order valence-corrected chi connectivity index (χ0v) is 18.5. The van der Waals surface area contributed by atoms with Gasteiger partial charge in [-0.2, -0.15) is 0 Å². The molecule has 0 radical (unpaired) electrons. The molecular weight excluding hydrogens is 400 g/mol. The van der Waals surface area contributed by atoms with Crippen LogP contribution in [0.15, 0.2) is 24.3 Å². The molecule has 31 heavy (non-hydrogen) atoms. The van der Waals surface area contributed by atoms with Gasteiger partial charge in [0.15, 0.2) is 18.9 Å². The van der Waals surface area contributed by atoms with Gasteiger partial charge in [0.2, 0.25) is 0 Å². The van der Waals surface area contributed by atoms with Crippen LogP contribution in [0.2, 0.25) is 0 Å². The highest BCUT2D eigenvalue weighted by molar-refractivity contribution is 6.07. The van der Waals surface area contributed by atoms with Gasteiger partial charge in [0.05, 0.1) is 33.0 Å². The Bertz CT molecular complexity index is 777. The van der Waals surface area contributed by atoms with Gasteiger partial charge in [-0.25, -0.2) is 9.69 Å². The molecule has 1 aromatic carbocycles. The first-order valence-corrected chi connectivity index (χ1v) is 11.2. The van der Waals surface area contributed by atoms with E-state index in [0.29, 0.717) is 46.4 Å². The fourth-order valence-electron chi connectivity index (χ4n) is 4.57. The van der Waals surface area contributed by atoms with Gasteiger partial charge in [-0.1, -0.05) is 12.1 Å². The summed E-state index contributed by atoms with van der Waals surface area (Å²) in [5.41, 5.74) is -0.236. The molecule has 0 saturated carbocycles. The van der Waals surface area contributed by atoms with Crippen molar-refractivity contribution in [1.29, 1.82) is 0 Å². The lowest BCUT2D eigenvalue weighted by Crippen LogP contribution is -3.16. The first-order chi connectivity index (χ1) is 15.0. The van der Waals surface area contributed by atoms with Gasteiger partial charge in [0.25, 0.3) is 5.91 Å². The average molecular weight is 435 g/mol. The maximum absolute atomic E-state index is 13.7. The summed E-state index contributed by atoms with van der Waals surface area (Å²) < 4.78 is 16.5. The maximum Gasteiger partial charge on any atom is 0.336 e. The van der Waals surface area contributed by atoms with E-state index in [1.165, 1.54) is 14.7 Å². The number of nitrogens with one attached hydrogen (secondary N) is 2. The number of carbonyl (C=O) groups is 2. The molecule has 3 aliphatic heterocycles. The number of benzene rings is 1. The van der Waals surface area contributed by atoms with Crippen LogP contribution in [0.25, 0.3) is 0 Å². The summed E-state index contributed by atoms with van der Waals surface area (Å²) >= 11 is 0. The van der Waals surface area contributed by atoms with Gasteiger partial charge < -0.3 is 24.0 Å². The highest BCUT2D eigenvalue weighted by Crippen LogP contribution is 2.36. The standard InChI is InChI=1S/C22H32N4O5/c1-3-31-19-6-4-18(5-7-19)22(2)20(27)25(16-23-8-12-29-13-9-23)21(28)26(22)17-24-10-14-30-15-11-24/h4-7H,3,8-17H2,1-2H3/p+2/t22-/m1/s1. The highest BCUT2D eigenvalue weighted by Gasteiger charge is 2.57. The van der Waals surface area contributed by atoms with E-state index in [1.807, 2.05) is 38.1 Å². The third kappa shape index (κ3) is 4.41. The van der Waals surface area contributed by atoms with E-state index >= 15 is 0 Å². The van der Waals surface area contributed by atoms with Crippen LogP contribution in [0.5, 0.6) is 5.75 Å². The number of urea groups is 1.